The van der Waals surface area contributed by atoms with Gasteiger partial charge in [0.25, 0.3) is 5.91 Å². The van der Waals surface area contributed by atoms with Gasteiger partial charge in [0.1, 0.15) is 0 Å². The van der Waals surface area contributed by atoms with E-state index in [0.717, 1.165) is 35.1 Å². The lowest BCUT2D eigenvalue weighted by molar-refractivity contribution is 0.0676. The lowest BCUT2D eigenvalue weighted by Gasteiger charge is -2.33. The highest BCUT2D eigenvalue weighted by Crippen LogP contribution is 2.20. The second-order valence-corrected chi connectivity index (χ2v) is 7.07. The van der Waals surface area contributed by atoms with Crippen molar-refractivity contribution in [3.8, 4) is 0 Å². The van der Waals surface area contributed by atoms with Gasteiger partial charge in [0.05, 0.1) is 0 Å². The molecule has 1 aliphatic heterocycles. The molecular formula is C17H25BrN2O. The predicted molar refractivity (Wildman–Crippen MR) is 90.7 cm³/mol. The van der Waals surface area contributed by atoms with Crippen LogP contribution in [0.15, 0.2) is 22.7 Å². The molecule has 1 aromatic rings. The second-order valence-electron chi connectivity index (χ2n) is 6.16. The van der Waals surface area contributed by atoms with Gasteiger partial charge in [-0.1, -0.05) is 28.4 Å². The number of hydrogen-bond donors (Lipinski definition) is 1. The van der Waals surface area contributed by atoms with Gasteiger partial charge in [0, 0.05) is 28.7 Å². The van der Waals surface area contributed by atoms with E-state index in [-0.39, 0.29) is 11.9 Å². The Labute approximate surface area is 136 Å². The summed E-state index contributed by atoms with van der Waals surface area (Å²) in [6.45, 7) is 8.04. The van der Waals surface area contributed by atoms with Crippen molar-refractivity contribution in [2.24, 2.45) is 0 Å². The summed E-state index contributed by atoms with van der Waals surface area (Å²) < 4.78 is 0.955. The number of nitrogens with zero attached hydrogens (tertiary/aromatic N) is 1. The summed E-state index contributed by atoms with van der Waals surface area (Å²) >= 11 is 3.47. The maximum atomic E-state index is 12.9. The van der Waals surface area contributed by atoms with Crippen molar-refractivity contribution in [2.45, 2.75) is 52.1 Å². The number of carbonyl (C=O) groups excluding carboxylic acids is 1. The Balaban J connectivity index is 2.16. The number of halogens is 1. The predicted octanol–water partition coefficient (Wildman–Crippen LogP) is 3.75. The minimum atomic E-state index is 0.135. The highest BCUT2D eigenvalue weighted by atomic mass is 79.9. The Morgan fingerprint density at radius 3 is 2.81 bits per heavy atom. The molecule has 0 saturated carbocycles. The van der Waals surface area contributed by atoms with Crippen molar-refractivity contribution < 1.29 is 4.79 Å². The van der Waals surface area contributed by atoms with E-state index in [1.165, 1.54) is 12.8 Å². The highest BCUT2D eigenvalue weighted by molar-refractivity contribution is 9.10. The summed E-state index contributed by atoms with van der Waals surface area (Å²) in [5.41, 5.74) is 1.83. The smallest absolute Gasteiger partial charge is 0.254 e. The fraction of sp³-hybridized carbons (Fsp3) is 0.588. The summed E-state index contributed by atoms with van der Waals surface area (Å²) in [5.74, 6) is 0.135. The summed E-state index contributed by atoms with van der Waals surface area (Å²) in [4.78, 5) is 14.9. The topological polar surface area (TPSA) is 32.3 Å². The van der Waals surface area contributed by atoms with Gasteiger partial charge in [-0.3, -0.25) is 4.79 Å². The summed E-state index contributed by atoms with van der Waals surface area (Å²) in [6, 6.07) is 6.54. The molecule has 1 fully saturated rings. The zero-order chi connectivity index (χ0) is 15.4. The van der Waals surface area contributed by atoms with E-state index in [1.807, 2.05) is 30.0 Å². The van der Waals surface area contributed by atoms with E-state index >= 15 is 0 Å². The first-order valence-corrected chi connectivity index (χ1v) is 8.59. The third-order valence-corrected chi connectivity index (χ3v) is 4.64. The molecule has 1 unspecified atom stereocenters. The van der Waals surface area contributed by atoms with Crippen LogP contribution in [0.1, 0.15) is 49.0 Å². The van der Waals surface area contributed by atoms with Gasteiger partial charge in [-0.25, -0.2) is 0 Å². The van der Waals surface area contributed by atoms with Crippen molar-refractivity contribution in [3.05, 3.63) is 33.8 Å². The van der Waals surface area contributed by atoms with E-state index in [2.05, 4.69) is 35.1 Å². The zero-order valence-corrected chi connectivity index (χ0v) is 14.7. The average Bonchev–Trinajstić information content (AvgIpc) is 2.47. The molecule has 3 nitrogen and oxygen atoms in total. The van der Waals surface area contributed by atoms with Crippen LogP contribution in [0.2, 0.25) is 0 Å². The van der Waals surface area contributed by atoms with Crippen molar-refractivity contribution in [1.29, 1.82) is 0 Å². The van der Waals surface area contributed by atoms with Gasteiger partial charge < -0.3 is 10.2 Å². The normalized spacial score (nSPS) is 18.8. The Morgan fingerprint density at radius 1 is 1.43 bits per heavy atom. The average molecular weight is 353 g/mol. The van der Waals surface area contributed by atoms with Crippen LogP contribution < -0.4 is 5.32 Å². The Morgan fingerprint density at radius 2 is 2.19 bits per heavy atom. The zero-order valence-electron chi connectivity index (χ0n) is 13.2. The summed E-state index contributed by atoms with van der Waals surface area (Å²) in [6.07, 6.45) is 3.67. The molecule has 0 aromatic heterocycles. The van der Waals surface area contributed by atoms with Gasteiger partial charge in [0.15, 0.2) is 0 Å². The van der Waals surface area contributed by atoms with Crippen LogP contribution >= 0.6 is 15.9 Å². The van der Waals surface area contributed by atoms with Crippen molar-refractivity contribution in [3.63, 3.8) is 0 Å². The number of rotatable bonds is 4. The second kappa shape index (κ2) is 7.41. The molecule has 1 N–H and O–H groups in total. The molecule has 2 rings (SSSR count). The minimum Gasteiger partial charge on any atom is -0.335 e. The summed E-state index contributed by atoms with van der Waals surface area (Å²) in [5, 5.41) is 3.53. The number of piperidine rings is 1. The van der Waals surface area contributed by atoms with Gasteiger partial charge in [-0.05, 0) is 57.9 Å². The first-order chi connectivity index (χ1) is 9.99. The third kappa shape index (κ3) is 4.30. The molecule has 0 radical (unpaired) electrons. The van der Waals surface area contributed by atoms with E-state index in [9.17, 15) is 4.79 Å². The monoisotopic (exact) mass is 352 g/mol. The van der Waals surface area contributed by atoms with E-state index in [0.29, 0.717) is 6.04 Å². The third-order valence-electron chi connectivity index (χ3n) is 4.14. The molecule has 1 aromatic carbocycles. The van der Waals surface area contributed by atoms with Crippen LogP contribution in [0.3, 0.4) is 0 Å². The lowest BCUT2D eigenvalue weighted by atomic mass is 10.0. The molecule has 0 spiro atoms. The lowest BCUT2D eigenvalue weighted by Crippen LogP contribution is -2.48. The van der Waals surface area contributed by atoms with E-state index in [4.69, 9.17) is 0 Å². The van der Waals surface area contributed by atoms with Crippen molar-refractivity contribution in [2.75, 3.05) is 13.1 Å². The molecule has 1 saturated heterocycles. The molecular weight excluding hydrogens is 328 g/mol. The van der Waals surface area contributed by atoms with Gasteiger partial charge in [0.2, 0.25) is 0 Å². The van der Waals surface area contributed by atoms with Crippen LogP contribution in [0.25, 0.3) is 0 Å². The molecule has 1 heterocycles. The first kappa shape index (κ1) is 16.5. The van der Waals surface area contributed by atoms with E-state index < -0.39 is 0 Å². The Kier molecular flexibility index (Phi) is 5.82. The van der Waals surface area contributed by atoms with Crippen LogP contribution in [-0.2, 0) is 0 Å². The minimum absolute atomic E-state index is 0.135. The fourth-order valence-electron chi connectivity index (χ4n) is 2.82. The SMILES string of the molecule is Cc1ccc(Br)cc1C(=O)N(CC1CCCCN1)C(C)C. The molecule has 116 valence electrons. The quantitative estimate of drug-likeness (QED) is 0.894. The molecule has 1 aliphatic rings. The Bertz CT molecular complexity index is 496. The number of nitrogens with one attached hydrogen (secondary N) is 1. The van der Waals surface area contributed by atoms with Crippen LogP contribution in [-0.4, -0.2) is 36.0 Å². The van der Waals surface area contributed by atoms with Crippen molar-refractivity contribution >= 4 is 21.8 Å². The van der Waals surface area contributed by atoms with Gasteiger partial charge in [-0.15, -0.1) is 0 Å². The van der Waals surface area contributed by atoms with Crippen LogP contribution in [0, 0.1) is 6.92 Å². The first-order valence-electron chi connectivity index (χ1n) is 7.79. The van der Waals surface area contributed by atoms with E-state index in [1.54, 1.807) is 0 Å². The molecule has 1 amide bonds. The van der Waals surface area contributed by atoms with Gasteiger partial charge >= 0.3 is 0 Å². The van der Waals surface area contributed by atoms with Crippen LogP contribution in [0.5, 0.6) is 0 Å². The molecule has 0 aliphatic carbocycles. The molecule has 21 heavy (non-hydrogen) atoms. The highest BCUT2D eigenvalue weighted by Gasteiger charge is 2.24. The Hall–Kier alpha value is -0.870. The molecule has 0 bridgehead atoms. The fourth-order valence-corrected chi connectivity index (χ4v) is 3.19. The number of amides is 1. The largest absolute Gasteiger partial charge is 0.335 e. The number of carbonyl (C=O) groups is 1. The van der Waals surface area contributed by atoms with Gasteiger partial charge in [-0.2, -0.15) is 0 Å². The molecule has 1 atom stereocenters. The standard InChI is InChI=1S/C17H25BrN2O/c1-12(2)20(11-15-6-4-5-9-19-15)17(21)16-10-14(18)8-7-13(16)3/h7-8,10,12,15,19H,4-6,9,11H2,1-3H3. The van der Waals surface area contributed by atoms with Crippen LogP contribution in [0.4, 0.5) is 0 Å². The van der Waals surface area contributed by atoms with Crippen molar-refractivity contribution in [1.82, 2.24) is 10.2 Å². The maximum Gasteiger partial charge on any atom is 0.254 e. The number of hydrogen-bond acceptors (Lipinski definition) is 2. The molecule has 4 heteroatoms. The summed E-state index contributed by atoms with van der Waals surface area (Å²) in [7, 11) is 0. The number of aryl methyl sites for hydroxylation is 1. The number of benzene rings is 1. The maximum absolute atomic E-state index is 12.9.